The van der Waals surface area contributed by atoms with Crippen molar-refractivity contribution in [3.8, 4) is 0 Å². The second kappa shape index (κ2) is 6.21. The Labute approximate surface area is 141 Å². The highest BCUT2D eigenvalue weighted by molar-refractivity contribution is 6.04. The lowest BCUT2D eigenvalue weighted by molar-refractivity contribution is -0.145. The predicted molar refractivity (Wildman–Crippen MR) is 88.7 cm³/mol. The van der Waals surface area contributed by atoms with Gasteiger partial charge in [0.15, 0.2) is 5.78 Å². The van der Waals surface area contributed by atoms with Gasteiger partial charge in [-0.05, 0) is 17.9 Å². The lowest BCUT2D eigenvalue weighted by Gasteiger charge is -2.50. The molecule has 124 valence electrons. The van der Waals surface area contributed by atoms with E-state index in [0.717, 1.165) is 5.56 Å². The van der Waals surface area contributed by atoms with Crippen LogP contribution in [0.1, 0.15) is 18.9 Å². The number of benzene rings is 1. The smallest absolute Gasteiger partial charge is 0.236 e. The summed E-state index contributed by atoms with van der Waals surface area (Å²) in [7, 11) is 0. The Bertz CT molecular complexity index is 735. The van der Waals surface area contributed by atoms with Crippen LogP contribution in [0.2, 0.25) is 0 Å². The van der Waals surface area contributed by atoms with E-state index >= 15 is 0 Å². The summed E-state index contributed by atoms with van der Waals surface area (Å²) < 4.78 is 0. The number of aliphatic hydroxyl groups is 1. The molecule has 0 unspecified atom stereocenters. The van der Waals surface area contributed by atoms with Crippen molar-refractivity contribution in [1.82, 2.24) is 4.90 Å². The number of nitrogens with zero attached hydrogens (tertiary/aromatic N) is 2. The predicted octanol–water partition coefficient (Wildman–Crippen LogP) is 1.79. The Balaban J connectivity index is 2.24. The van der Waals surface area contributed by atoms with Crippen molar-refractivity contribution in [2.75, 3.05) is 19.7 Å². The van der Waals surface area contributed by atoms with Crippen LogP contribution in [0.5, 0.6) is 0 Å². The number of amides is 1. The van der Waals surface area contributed by atoms with Gasteiger partial charge in [0.05, 0.1) is 18.6 Å². The Morgan fingerprint density at radius 2 is 2.04 bits per heavy atom. The summed E-state index contributed by atoms with van der Waals surface area (Å²) in [5.74, 6) is -0.843. The van der Waals surface area contributed by atoms with Crippen molar-refractivity contribution in [2.45, 2.75) is 18.8 Å². The van der Waals surface area contributed by atoms with Gasteiger partial charge in [-0.15, -0.1) is 0 Å². The molecule has 0 radical (unpaired) electrons. The molecule has 3 rings (SSSR count). The molecule has 1 fully saturated rings. The Morgan fingerprint density at radius 1 is 1.33 bits per heavy atom. The molecule has 0 spiro atoms. The number of Topliss-reactive ketones (excluding diaryl/α,β-unsaturated/α-hetero) is 1. The van der Waals surface area contributed by atoms with Gasteiger partial charge < -0.3 is 14.8 Å². The Morgan fingerprint density at radius 3 is 2.67 bits per heavy atom. The van der Waals surface area contributed by atoms with Crippen molar-refractivity contribution in [3.05, 3.63) is 59.1 Å². The highest BCUT2D eigenvalue weighted by Gasteiger charge is 2.56. The average Bonchev–Trinajstić information content (AvgIpc) is 2.61. The zero-order valence-corrected chi connectivity index (χ0v) is 13.6. The fourth-order valence-electron chi connectivity index (χ4n) is 4.12. The van der Waals surface area contributed by atoms with Crippen molar-refractivity contribution >= 4 is 11.7 Å². The van der Waals surface area contributed by atoms with Crippen LogP contribution in [0.4, 0.5) is 0 Å². The molecule has 1 heterocycles. The molecular weight excluding hydrogens is 304 g/mol. The largest absolute Gasteiger partial charge is 0.395 e. The van der Waals surface area contributed by atoms with E-state index in [-0.39, 0.29) is 42.4 Å². The van der Waals surface area contributed by atoms with Gasteiger partial charge in [-0.1, -0.05) is 43.3 Å². The number of likely N-dealkylation sites (tertiary alicyclic amines) is 1. The van der Waals surface area contributed by atoms with Gasteiger partial charge in [0.1, 0.15) is 0 Å². The van der Waals surface area contributed by atoms with Gasteiger partial charge in [0, 0.05) is 19.0 Å². The van der Waals surface area contributed by atoms with Gasteiger partial charge in [-0.3, -0.25) is 4.79 Å². The van der Waals surface area contributed by atoms with E-state index in [1.54, 1.807) is 11.0 Å². The van der Waals surface area contributed by atoms with E-state index in [1.807, 2.05) is 37.3 Å². The number of rotatable bonds is 3. The summed E-state index contributed by atoms with van der Waals surface area (Å²) in [4.78, 5) is 30.8. The molecule has 1 N–H and O–H groups in total. The number of β-amino-alcohol motifs (C(OH)–C–C–N with tert-alkyl or cyclic N) is 1. The minimum Gasteiger partial charge on any atom is -0.395 e. The minimum atomic E-state index is -0.998. The van der Waals surface area contributed by atoms with E-state index in [4.69, 9.17) is 6.57 Å². The van der Waals surface area contributed by atoms with Gasteiger partial charge in [-0.2, -0.15) is 0 Å². The van der Waals surface area contributed by atoms with Crippen LogP contribution in [0.15, 0.2) is 42.1 Å². The quantitative estimate of drug-likeness (QED) is 0.862. The third-order valence-electron chi connectivity index (χ3n) is 5.31. The summed E-state index contributed by atoms with van der Waals surface area (Å²) >= 11 is 0. The molecule has 5 nitrogen and oxygen atoms in total. The third-order valence-corrected chi connectivity index (χ3v) is 5.31. The standard InChI is InChI=1S/C19H20N2O3/c1-13-15-8-9-21(10-11-22)18(24)19(15,12-16(20-2)17(13)23)14-6-4-3-5-7-14/h3-7,12-13,15,22H,8-11H2,1H3/t13-,15-,19+/m0/s1. The van der Waals surface area contributed by atoms with Crippen LogP contribution in [-0.4, -0.2) is 41.4 Å². The van der Waals surface area contributed by atoms with E-state index in [2.05, 4.69) is 4.85 Å². The summed E-state index contributed by atoms with van der Waals surface area (Å²) in [6, 6.07) is 9.38. The molecule has 0 aromatic heterocycles. The molecule has 5 heteroatoms. The number of carbonyl (C=O) groups excluding carboxylic acids is 2. The first-order chi connectivity index (χ1) is 11.6. The van der Waals surface area contributed by atoms with E-state index in [1.165, 1.54) is 0 Å². The highest BCUT2D eigenvalue weighted by Crippen LogP contribution is 2.49. The highest BCUT2D eigenvalue weighted by atomic mass is 16.3. The van der Waals surface area contributed by atoms with E-state index < -0.39 is 5.41 Å². The lowest BCUT2D eigenvalue weighted by Crippen LogP contribution is -2.59. The van der Waals surface area contributed by atoms with Gasteiger partial charge in [0.2, 0.25) is 11.6 Å². The number of piperidine rings is 1. The van der Waals surface area contributed by atoms with Crippen molar-refractivity contribution in [3.63, 3.8) is 0 Å². The second-order valence-electron chi connectivity index (χ2n) is 6.44. The van der Waals surface area contributed by atoms with Crippen LogP contribution in [0.25, 0.3) is 4.85 Å². The average molecular weight is 324 g/mol. The molecule has 1 aliphatic carbocycles. The van der Waals surface area contributed by atoms with Crippen LogP contribution in [0.3, 0.4) is 0 Å². The van der Waals surface area contributed by atoms with Crippen LogP contribution in [-0.2, 0) is 15.0 Å². The number of aliphatic hydroxyl groups excluding tert-OH is 1. The maximum absolute atomic E-state index is 13.3. The molecule has 0 saturated carbocycles. The lowest BCUT2D eigenvalue weighted by atomic mass is 9.58. The van der Waals surface area contributed by atoms with Crippen molar-refractivity contribution in [2.24, 2.45) is 11.8 Å². The number of hydrogen-bond donors (Lipinski definition) is 1. The normalized spacial score (nSPS) is 29.7. The first kappa shape index (κ1) is 16.4. The number of allylic oxidation sites excluding steroid dienone is 1. The number of hydrogen-bond acceptors (Lipinski definition) is 3. The van der Waals surface area contributed by atoms with Crippen LogP contribution >= 0.6 is 0 Å². The fraction of sp³-hybridized carbons (Fsp3) is 0.421. The van der Waals surface area contributed by atoms with Crippen molar-refractivity contribution < 1.29 is 14.7 Å². The zero-order chi connectivity index (χ0) is 17.3. The molecule has 1 aromatic carbocycles. The zero-order valence-electron chi connectivity index (χ0n) is 13.6. The summed E-state index contributed by atoms with van der Waals surface area (Å²) in [5, 5.41) is 9.27. The van der Waals surface area contributed by atoms with Gasteiger partial charge in [0.25, 0.3) is 0 Å². The minimum absolute atomic E-state index is 0.0433. The van der Waals surface area contributed by atoms with E-state index in [9.17, 15) is 14.7 Å². The van der Waals surface area contributed by atoms with Crippen LogP contribution in [0, 0.1) is 18.4 Å². The third kappa shape index (κ3) is 2.26. The molecule has 0 bridgehead atoms. The van der Waals surface area contributed by atoms with Crippen LogP contribution < -0.4 is 0 Å². The maximum atomic E-state index is 13.3. The fourth-order valence-corrected chi connectivity index (χ4v) is 4.12. The number of ketones is 1. The molecule has 1 saturated heterocycles. The van der Waals surface area contributed by atoms with Gasteiger partial charge >= 0.3 is 0 Å². The SMILES string of the molecule is [C-]#[N+]C1=C[C@]2(c3ccccc3)C(=O)N(CCO)CC[C@H]2[C@H](C)C1=O. The molecule has 1 aliphatic heterocycles. The first-order valence-electron chi connectivity index (χ1n) is 8.16. The van der Waals surface area contributed by atoms with Crippen molar-refractivity contribution in [1.29, 1.82) is 0 Å². The topological polar surface area (TPSA) is 62.0 Å². The monoisotopic (exact) mass is 324 g/mol. The number of carbonyl (C=O) groups is 2. The second-order valence-corrected chi connectivity index (χ2v) is 6.44. The number of fused-ring (bicyclic) bond motifs is 1. The maximum Gasteiger partial charge on any atom is 0.236 e. The summed E-state index contributed by atoms with van der Waals surface area (Å²) in [5.41, 5.74) is -0.146. The molecule has 24 heavy (non-hydrogen) atoms. The molecule has 2 aliphatic rings. The molecule has 3 atom stereocenters. The molecular formula is C19H20N2O3. The summed E-state index contributed by atoms with van der Waals surface area (Å²) in [6.45, 7) is 9.85. The van der Waals surface area contributed by atoms with E-state index in [0.29, 0.717) is 13.0 Å². The first-order valence-corrected chi connectivity index (χ1v) is 8.16. The van der Waals surface area contributed by atoms with Gasteiger partial charge in [-0.25, -0.2) is 4.85 Å². The molecule has 1 amide bonds. The Hall–Kier alpha value is -2.45. The Kier molecular flexibility index (Phi) is 4.25. The summed E-state index contributed by atoms with van der Waals surface area (Å²) in [6.07, 6.45) is 2.25. The molecule has 1 aromatic rings.